The predicted molar refractivity (Wildman–Crippen MR) is 312 cm³/mol. The highest BCUT2D eigenvalue weighted by Crippen LogP contribution is 2.34. The Morgan fingerprint density at radius 1 is 0.528 bits per heavy atom. The Hall–Kier alpha value is -10.3. The van der Waals surface area contributed by atoms with Crippen LogP contribution in [0.5, 0.6) is 0 Å². The number of carbonyl (C=O) groups excluding carboxylic acids is 3. The number of benzene rings is 4. The first-order chi connectivity index (χ1) is 42.8. The van der Waals surface area contributed by atoms with Crippen molar-refractivity contribution in [2.75, 3.05) is 79.0 Å². The molecule has 0 fully saturated rings. The van der Waals surface area contributed by atoms with Crippen LogP contribution in [0, 0.1) is 36.5 Å². The molecule has 3 amide bonds. The average molecular weight is 1230 g/mol. The minimum absolute atomic E-state index is 0.00792. The molecule has 0 aliphatic rings. The number of hydrogen-bond donors (Lipinski definition) is 3. The lowest BCUT2D eigenvalue weighted by molar-refractivity contribution is -0.138. The summed E-state index contributed by atoms with van der Waals surface area (Å²) in [5.41, 5.74) is -0.824. The van der Waals surface area contributed by atoms with Gasteiger partial charge in [-0.05, 0) is 123 Å². The molecule has 0 aliphatic carbocycles. The first-order valence-electron chi connectivity index (χ1n) is 27.4. The summed E-state index contributed by atoms with van der Waals surface area (Å²) in [5, 5.41) is 35.2. The summed E-state index contributed by atoms with van der Waals surface area (Å²) < 4.78 is 110. The number of halogens is 6. The molecule has 4 aromatic carbocycles. The van der Waals surface area contributed by atoms with E-state index in [9.17, 15) is 60.8 Å². The van der Waals surface area contributed by atoms with E-state index < -0.39 is 52.3 Å². The predicted octanol–water partition coefficient (Wildman–Crippen LogP) is 7.50. The summed E-state index contributed by atoms with van der Waals surface area (Å²) in [6, 6.07) is 31.4. The largest absolute Gasteiger partial charge is 0.416 e. The van der Waals surface area contributed by atoms with Gasteiger partial charge in [-0.25, -0.2) is 9.36 Å². The van der Waals surface area contributed by atoms with E-state index in [-0.39, 0.29) is 113 Å². The zero-order valence-electron chi connectivity index (χ0n) is 47.7. The molecule has 0 saturated heterocycles. The van der Waals surface area contributed by atoms with Gasteiger partial charge >= 0.3 is 12.4 Å². The number of aliphatic imine (C=N–C) groups is 1. The van der Waals surface area contributed by atoms with Crippen LogP contribution in [0.4, 0.5) is 26.3 Å². The maximum atomic E-state index is 14.0. The molecule has 21 nitrogen and oxygen atoms in total. The van der Waals surface area contributed by atoms with Crippen LogP contribution in [0.25, 0.3) is 45.3 Å². The molecule has 460 valence electrons. The Morgan fingerprint density at radius 3 is 1.31 bits per heavy atom. The number of nitrogens with one attached hydrogen (secondary N) is 3. The lowest BCUT2D eigenvalue weighted by Gasteiger charge is -2.19. The third-order valence-electron chi connectivity index (χ3n) is 13.5. The van der Waals surface area contributed by atoms with Gasteiger partial charge in [-0.2, -0.15) is 47.1 Å². The Balaban J connectivity index is 0.725. The van der Waals surface area contributed by atoms with E-state index in [0.29, 0.717) is 45.0 Å². The molecular formula is C62H56F6N12O9. The van der Waals surface area contributed by atoms with Gasteiger partial charge in [0.25, 0.3) is 28.8 Å². The molecule has 4 heterocycles. The Bertz CT molecular complexity index is 4070. The molecule has 0 bridgehead atoms. The van der Waals surface area contributed by atoms with Crippen LogP contribution in [0.3, 0.4) is 0 Å². The average Bonchev–Trinajstić information content (AvgIpc) is 2.01. The number of nitriles is 2. The van der Waals surface area contributed by atoms with Gasteiger partial charge in [0, 0.05) is 53.5 Å². The van der Waals surface area contributed by atoms with Crippen LogP contribution < -0.4 is 27.1 Å². The molecule has 0 aliphatic heterocycles. The summed E-state index contributed by atoms with van der Waals surface area (Å²) in [6.45, 7) is 4.11. The van der Waals surface area contributed by atoms with Crippen molar-refractivity contribution in [1.29, 1.82) is 10.5 Å². The number of rotatable bonds is 27. The molecule has 89 heavy (non-hydrogen) atoms. The summed E-state index contributed by atoms with van der Waals surface area (Å²) >= 11 is 0. The Morgan fingerprint density at radius 2 is 0.921 bits per heavy atom. The number of aromatic nitrogens is 6. The second-order valence-corrected chi connectivity index (χ2v) is 19.4. The molecule has 3 N–H and O–H groups in total. The zero-order chi connectivity index (χ0) is 63.7. The van der Waals surface area contributed by atoms with E-state index in [1.807, 2.05) is 12.1 Å². The normalized spacial score (nSPS) is 11.6. The minimum atomic E-state index is -4.71. The minimum Gasteiger partial charge on any atom is -0.377 e. The topological polar surface area (TPSA) is 264 Å². The second kappa shape index (κ2) is 29.9. The number of amides is 3. The van der Waals surface area contributed by atoms with E-state index in [1.165, 1.54) is 58.2 Å². The van der Waals surface area contributed by atoms with Gasteiger partial charge in [0.15, 0.2) is 0 Å². The number of hydrogen-bond acceptors (Lipinski definition) is 14. The molecule has 4 aromatic heterocycles. The monoisotopic (exact) mass is 1230 g/mol. The number of pyridine rings is 2. The quantitative estimate of drug-likeness (QED) is 0.0256. The highest BCUT2D eigenvalue weighted by atomic mass is 19.4. The van der Waals surface area contributed by atoms with E-state index in [0.717, 1.165) is 39.6 Å². The highest BCUT2D eigenvalue weighted by molar-refractivity contribution is 6.26. The maximum Gasteiger partial charge on any atom is 0.416 e. The van der Waals surface area contributed by atoms with Crippen LogP contribution in [0.2, 0.25) is 0 Å². The van der Waals surface area contributed by atoms with Crippen molar-refractivity contribution in [3.8, 4) is 57.4 Å². The van der Waals surface area contributed by atoms with Crippen LogP contribution in [-0.4, -0.2) is 132 Å². The van der Waals surface area contributed by atoms with E-state index in [2.05, 4.69) is 31.1 Å². The third kappa shape index (κ3) is 16.4. The first kappa shape index (κ1) is 64.7. The standard InChI is InChI=1S/C62H56F6N12O9/c1-40-50(54-17-19-75-79(54)46-13-9-42(37-69)10-14-46)35-52(59(84)77(40)48-7-3-5-44(33-48)61(63,64)65)57(82)73-23-27-88-30-29-86-25-21-71-39-56(81)72-22-26-87-31-32-89-28-24-74-58(83)53-36-51(55-18-20-76-80(55)47-15-11-43(38-70)12-16-47)41(2)78(60(53)85)49-8-4-6-45(34-49)62(66,67)68/h3-20,33-36,39H,21-32H2,1-2H3,(H,72,81)(H,73,82)(H,74,83). The van der Waals surface area contributed by atoms with Crippen molar-refractivity contribution in [2.24, 2.45) is 4.99 Å². The number of alkyl halides is 6. The van der Waals surface area contributed by atoms with Crippen LogP contribution in [0.15, 0.2) is 148 Å². The van der Waals surface area contributed by atoms with Gasteiger partial charge in [0.2, 0.25) is 0 Å². The number of nitrogens with zero attached hydrogens (tertiary/aromatic N) is 9. The molecule has 0 spiro atoms. The van der Waals surface area contributed by atoms with Crippen LogP contribution in [0.1, 0.15) is 54.4 Å². The summed E-state index contributed by atoms with van der Waals surface area (Å²) in [7, 11) is 0. The van der Waals surface area contributed by atoms with Crippen molar-refractivity contribution in [3.63, 3.8) is 0 Å². The van der Waals surface area contributed by atoms with E-state index >= 15 is 0 Å². The fourth-order valence-electron chi connectivity index (χ4n) is 9.16. The Labute approximate surface area is 504 Å². The molecule has 0 radical (unpaired) electrons. The second-order valence-electron chi connectivity index (χ2n) is 19.4. The lowest BCUT2D eigenvalue weighted by atomic mass is 10.0. The zero-order valence-corrected chi connectivity index (χ0v) is 47.7. The van der Waals surface area contributed by atoms with Gasteiger partial charge < -0.3 is 34.9 Å². The smallest absolute Gasteiger partial charge is 0.377 e. The molecule has 27 heteroatoms. The molecule has 0 unspecified atom stereocenters. The van der Waals surface area contributed by atoms with Crippen LogP contribution >= 0.6 is 0 Å². The van der Waals surface area contributed by atoms with Crippen molar-refractivity contribution in [2.45, 2.75) is 26.2 Å². The lowest BCUT2D eigenvalue weighted by Crippen LogP contribution is -2.35. The summed E-state index contributed by atoms with van der Waals surface area (Å²) in [5.74, 6) is -2.08. The highest BCUT2D eigenvalue weighted by Gasteiger charge is 2.33. The fraction of sp³-hybridized carbons (Fsp3) is 0.258. The Kier molecular flexibility index (Phi) is 21.7. The van der Waals surface area contributed by atoms with Crippen molar-refractivity contribution >= 4 is 23.9 Å². The van der Waals surface area contributed by atoms with Gasteiger partial charge in [-0.3, -0.25) is 38.1 Å². The molecule has 0 saturated carbocycles. The first-order valence-corrected chi connectivity index (χ1v) is 27.4. The van der Waals surface area contributed by atoms with Crippen molar-refractivity contribution in [3.05, 3.63) is 199 Å². The van der Waals surface area contributed by atoms with Crippen molar-refractivity contribution in [1.82, 2.24) is 44.6 Å². The van der Waals surface area contributed by atoms with Crippen LogP contribution in [-0.2, 0) is 36.1 Å². The molecule has 8 aromatic rings. The third-order valence-corrected chi connectivity index (χ3v) is 13.5. The number of carbonyl (C=O) groups is 3. The molecule has 8 rings (SSSR count). The van der Waals surface area contributed by atoms with E-state index in [1.54, 1.807) is 74.5 Å². The maximum absolute atomic E-state index is 14.0. The summed E-state index contributed by atoms with van der Waals surface area (Å²) in [4.78, 5) is 71.4. The van der Waals surface area contributed by atoms with Gasteiger partial charge in [0.05, 0.1) is 135 Å². The summed E-state index contributed by atoms with van der Waals surface area (Å²) in [6.07, 6.45) is -5.36. The SMILES string of the molecule is Cc1c(-c2ccnn2-c2ccc(C#N)cc2)cc(C(=O)NCCOCCOCCN=CC(=O)NCCOCCOCCNC(=O)c2cc(-c3ccnn3-c3ccc(C#N)cc3)c(C)n(-c3cccc(C(F)(F)F)c3)c2=O)c(=O)n1-c1cccc(C(F)(F)F)c1. The van der Waals surface area contributed by atoms with Gasteiger partial charge in [0.1, 0.15) is 11.1 Å². The van der Waals surface area contributed by atoms with E-state index in [4.69, 9.17) is 18.9 Å². The molecular weight excluding hydrogens is 1170 g/mol. The van der Waals surface area contributed by atoms with Gasteiger partial charge in [-0.15, -0.1) is 0 Å². The fourth-order valence-corrected chi connectivity index (χ4v) is 9.16. The van der Waals surface area contributed by atoms with Gasteiger partial charge in [-0.1, -0.05) is 12.1 Å². The number of ether oxygens (including phenoxy) is 4. The van der Waals surface area contributed by atoms with Crippen molar-refractivity contribution < 1.29 is 59.7 Å². The molecule has 0 atom stereocenters.